The molecule has 1 aromatic rings. The van der Waals surface area contributed by atoms with E-state index in [4.69, 9.17) is 4.74 Å². The third-order valence-corrected chi connectivity index (χ3v) is 3.22. The first-order valence-corrected chi connectivity index (χ1v) is 6.09. The number of hydrogen-bond acceptors (Lipinski definition) is 3. The summed E-state index contributed by atoms with van der Waals surface area (Å²) in [5.74, 6) is 0.548. The number of nitrogens with one attached hydrogen (secondary N) is 1. The highest BCUT2D eigenvalue weighted by Gasteiger charge is 2.19. The highest BCUT2D eigenvalue weighted by Crippen LogP contribution is 2.30. The average molecular weight is 256 g/mol. The Morgan fingerprint density at radius 3 is 2.67 bits per heavy atom. The van der Waals surface area contributed by atoms with E-state index in [2.05, 4.69) is 10.2 Å². The molecule has 1 heterocycles. The van der Waals surface area contributed by atoms with E-state index in [9.17, 15) is 8.78 Å². The van der Waals surface area contributed by atoms with Crippen LogP contribution in [0.25, 0.3) is 0 Å². The van der Waals surface area contributed by atoms with Crippen LogP contribution in [-0.2, 0) is 6.54 Å². The molecule has 1 fully saturated rings. The standard InChI is InChI=1S/C13H18F2N2O/c1-18-12-4-2-3-10(13(14)15)11(12)9-17-7-5-16-6-8-17/h2-4,13,16H,5-9H2,1H3. The molecule has 0 unspecified atom stereocenters. The van der Waals surface area contributed by atoms with Gasteiger partial charge in [-0.1, -0.05) is 12.1 Å². The van der Waals surface area contributed by atoms with Crippen molar-refractivity contribution < 1.29 is 13.5 Å². The van der Waals surface area contributed by atoms with Crippen molar-refractivity contribution in [3.63, 3.8) is 0 Å². The summed E-state index contributed by atoms with van der Waals surface area (Å²) in [4.78, 5) is 2.17. The predicted octanol–water partition coefficient (Wildman–Crippen LogP) is 2.04. The molecule has 1 N–H and O–H groups in total. The van der Waals surface area contributed by atoms with E-state index in [0.717, 1.165) is 26.2 Å². The number of halogens is 2. The van der Waals surface area contributed by atoms with E-state index >= 15 is 0 Å². The Labute approximate surface area is 106 Å². The zero-order valence-electron chi connectivity index (χ0n) is 10.5. The molecular formula is C13H18F2N2O. The molecule has 2 rings (SSSR count). The molecule has 0 spiro atoms. The first-order valence-electron chi connectivity index (χ1n) is 6.09. The second-order valence-corrected chi connectivity index (χ2v) is 4.35. The molecule has 0 radical (unpaired) electrons. The topological polar surface area (TPSA) is 24.5 Å². The van der Waals surface area contributed by atoms with Crippen LogP contribution < -0.4 is 10.1 Å². The van der Waals surface area contributed by atoms with E-state index in [-0.39, 0.29) is 5.56 Å². The molecule has 100 valence electrons. The molecule has 18 heavy (non-hydrogen) atoms. The van der Waals surface area contributed by atoms with Crippen molar-refractivity contribution >= 4 is 0 Å². The molecule has 1 aliphatic heterocycles. The maximum absolute atomic E-state index is 13.0. The highest BCUT2D eigenvalue weighted by atomic mass is 19.3. The van der Waals surface area contributed by atoms with Gasteiger partial charge in [0.1, 0.15) is 5.75 Å². The van der Waals surface area contributed by atoms with Crippen molar-refractivity contribution in [1.82, 2.24) is 10.2 Å². The molecule has 0 aromatic heterocycles. The monoisotopic (exact) mass is 256 g/mol. The zero-order valence-corrected chi connectivity index (χ0v) is 10.5. The second kappa shape index (κ2) is 6.11. The van der Waals surface area contributed by atoms with Gasteiger partial charge >= 0.3 is 0 Å². The van der Waals surface area contributed by atoms with E-state index < -0.39 is 6.43 Å². The minimum absolute atomic E-state index is 0.0767. The quantitative estimate of drug-likeness (QED) is 0.892. The fourth-order valence-electron chi connectivity index (χ4n) is 2.24. The van der Waals surface area contributed by atoms with Crippen LogP contribution in [0.2, 0.25) is 0 Å². The Kier molecular flexibility index (Phi) is 4.49. The normalized spacial score (nSPS) is 17.1. The van der Waals surface area contributed by atoms with Gasteiger partial charge in [-0.15, -0.1) is 0 Å². The minimum Gasteiger partial charge on any atom is -0.496 e. The van der Waals surface area contributed by atoms with Crippen LogP contribution in [0.4, 0.5) is 8.78 Å². The number of alkyl halides is 2. The van der Waals surface area contributed by atoms with Crippen LogP contribution >= 0.6 is 0 Å². The van der Waals surface area contributed by atoms with Crippen molar-refractivity contribution in [3.8, 4) is 5.75 Å². The van der Waals surface area contributed by atoms with Crippen LogP contribution in [0.1, 0.15) is 17.6 Å². The molecule has 1 saturated heterocycles. The van der Waals surface area contributed by atoms with Gasteiger partial charge in [0, 0.05) is 43.9 Å². The average Bonchev–Trinajstić information content (AvgIpc) is 2.40. The third kappa shape index (κ3) is 2.97. The Bertz CT molecular complexity index is 393. The number of ether oxygens (including phenoxy) is 1. The largest absolute Gasteiger partial charge is 0.496 e. The van der Waals surface area contributed by atoms with Crippen molar-refractivity contribution in [3.05, 3.63) is 29.3 Å². The lowest BCUT2D eigenvalue weighted by molar-refractivity contribution is 0.146. The first-order chi connectivity index (χ1) is 8.72. The van der Waals surface area contributed by atoms with Crippen molar-refractivity contribution in [2.45, 2.75) is 13.0 Å². The number of rotatable bonds is 4. The van der Waals surface area contributed by atoms with Crippen LogP contribution in [-0.4, -0.2) is 38.2 Å². The fraction of sp³-hybridized carbons (Fsp3) is 0.538. The maximum atomic E-state index is 13.0. The summed E-state index contributed by atoms with van der Waals surface area (Å²) in [7, 11) is 1.52. The molecule has 5 heteroatoms. The smallest absolute Gasteiger partial charge is 0.264 e. The van der Waals surface area contributed by atoms with Crippen molar-refractivity contribution in [2.24, 2.45) is 0 Å². The summed E-state index contributed by atoms with van der Waals surface area (Å²) in [6, 6.07) is 4.83. The van der Waals surface area contributed by atoms with E-state index in [1.54, 1.807) is 12.1 Å². The lowest BCUT2D eigenvalue weighted by Gasteiger charge is -2.28. The molecular weight excluding hydrogens is 238 g/mol. The van der Waals surface area contributed by atoms with E-state index in [1.807, 2.05) is 0 Å². The number of nitrogens with zero attached hydrogens (tertiary/aromatic N) is 1. The third-order valence-electron chi connectivity index (χ3n) is 3.22. The van der Waals surface area contributed by atoms with Crippen LogP contribution in [0.3, 0.4) is 0 Å². The molecule has 0 atom stereocenters. The Balaban J connectivity index is 2.22. The Morgan fingerprint density at radius 1 is 1.33 bits per heavy atom. The summed E-state index contributed by atoms with van der Waals surface area (Å²) < 4.78 is 31.2. The highest BCUT2D eigenvalue weighted by molar-refractivity contribution is 5.41. The number of piperazine rings is 1. The van der Waals surface area contributed by atoms with Crippen LogP contribution in [0.5, 0.6) is 5.75 Å². The lowest BCUT2D eigenvalue weighted by atomic mass is 10.1. The zero-order chi connectivity index (χ0) is 13.0. The first kappa shape index (κ1) is 13.2. The molecule has 0 saturated carbocycles. The summed E-state index contributed by atoms with van der Waals surface area (Å²) in [6.07, 6.45) is -2.46. The molecule has 1 aliphatic rings. The van der Waals surface area contributed by atoms with Crippen molar-refractivity contribution in [1.29, 1.82) is 0 Å². The van der Waals surface area contributed by atoms with Gasteiger partial charge in [-0.25, -0.2) is 8.78 Å². The SMILES string of the molecule is COc1cccc(C(F)F)c1CN1CCNCC1. The van der Waals surface area contributed by atoms with Gasteiger partial charge in [0.05, 0.1) is 7.11 Å². The lowest BCUT2D eigenvalue weighted by Crippen LogP contribution is -2.43. The Hall–Kier alpha value is -1.20. The Morgan fingerprint density at radius 2 is 2.06 bits per heavy atom. The minimum atomic E-state index is -2.46. The van der Waals surface area contributed by atoms with Gasteiger partial charge in [-0.2, -0.15) is 0 Å². The van der Waals surface area contributed by atoms with E-state index in [1.165, 1.54) is 13.2 Å². The molecule has 0 aliphatic carbocycles. The van der Waals surface area contributed by atoms with Gasteiger partial charge < -0.3 is 10.1 Å². The number of benzene rings is 1. The van der Waals surface area contributed by atoms with Gasteiger partial charge in [0.2, 0.25) is 0 Å². The maximum Gasteiger partial charge on any atom is 0.264 e. The van der Waals surface area contributed by atoms with Crippen LogP contribution in [0.15, 0.2) is 18.2 Å². The fourth-order valence-corrected chi connectivity index (χ4v) is 2.24. The van der Waals surface area contributed by atoms with Gasteiger partial charge in [-0.3, -0.25) is 4.90 Å². The van der Waals surface area contributed by atoms with Crippen LogP contribution in [0, 0.1) is 0 Å². The van der Waals surface area contributed by atoms with Gasteiger partial charge in [0.15, 0.2) is 0 Å². The molecule has 0 amide bonds. The summed E-state index contributed by atoms with van der Waals surface area (Å²) in [6.45, 7) is 4.07. The van der Waals surface area contributed by atoms with Gasteiger partial charge in [0.25, 0.3) is 6.43 Å². The van der Waals surface area contributed by atoms with Crippen molar-refractivity contribution in [2.75, 3.05) is 33.3 Å². The molecule has 1 aromatic carbocycles. The van der Waals surface area contributed by atoms with E-state index in [0.29, 0.717) is 17.9 Å². The summed E-state index contributed by atoms with van der Waals surface area (Å²) >= 11 is 0. The molecule has 3 nitrogen and oxygen atoms in total. The number of methoxy groups -OCH3 is 1. The predicted molar refractivity (Wildman–Crippen MR) is 66.1 cm³/mol. The number of hydrogen-bond donors (Lipinski definition) is 1. The summed E-state index contributed by atoms with van der Waals surface area (Å²) in [5.41, 5.74) is 0.685. The second-order valence-electron chi connectivity index (χ2n) is 4.35. The summed E-state index contributed by atoms with van der Waals surface area (Å²) in [5, 5.41) is 3.25. The van der Waals surface area contributed by atoms with Gasteiger partial charge in [-0.05, 0) is 6.07 Å². The molecule has 0 bridgehead atoms.